The Morgan fingerprint density at radius 1 is 0.522 bits per heavy atom. The van der Waals surface area contributed by atoms with Gasteiger partial charge in [0.15, 0.2) is 0 Å². The lowest BCUT2D eigenvalue weighted by Crippen LogP contribution is -1.87. The lowest BCUT2D eigenvalue weighted by atomic mass is 10.0. The van der Waals surface area contributed by atoms with Gasteiger partial charge in [0.25, 0.3) is 0 Å². The summed E-state index contributed by atoms with van der Waals surface area (Å²) in [6, 6.07) is 9.05. The fourth-order valence-corrected chi connectivity index (χ4v) is 3.28. The molecule has 0 atom stereocenters. The third kappa shape index (κ3) is 12.3. The van der Waals surface area contributed by atoms with E-state index >= 15 is 0 Å². The monoisotopic (exact) mass is 316 g/mol. The van der Waals surface area contributed by atoms with Gasteiger partial charge in [0.2, 0.25) is 0 Å². The second-order valence-corrected chi connectivity index (χ2v) is 7.33. The summed E-state index contributed by atoms with van der Waals surface area (Å²) >= 11 is 0. The number of hydrogen-bond acceptors (Lipinski definition) is 0. The molecule has 0 radical (unpaired) electrons. The van der Waals surface area contributed by atoms with Crippen LogP contribution < -0.4 is 0 Å². The fourth-order valence-electron chi connectivity index (χ4n) is 3.28. The molecule has 0 heteroatoms. The Hall–Kier alpha value is -0.780. The third-order valence-electron chi connectivity index (χ3n) is 4.94. The van der Waals surface area contributed by atoms with Crippen LogP contribution in [0.25, 0.3) is 0 Å². The minimum absolute atomic E-state index is 1.26. The minimum atomic E-state index is 1.26. The van der Waals surface area contributed by atoms with Crippen molar-refractivity contribution in [2.45, 2.75) is 110 Å². The van der Waals surface area contributed by atoms with Crippen LogP contribution >= 0.6 is 0 Å². The maximum Gasteiger partial charge on any atom is -0.0279 e. The summed E-state index contributed by atoms with van der Waals surface area (Å²) in [5, 5.41) is 0. The zero-order valence-electron chi connectivity index (χ0n) is 15.9. The second kappa shape index (κ2) is 14.8. The molecule has 0 spiro atoms. The van der Waals surface area contributed by atoms with Gasteiger partial charge in [-0.1, -0.05) is 120 Å². The highest BCUT2D eigenvalue weighted by atomic mass is 14.0. The van der Waals surface area contributed by atoms with E-state index in [0.717, 1.165) is 0 Å². The van der Waals surface area contributed by atoms with Crippen molar-refractivity contribution in [3.8, 4) is 0 Å². The maximum absolute atomic E-state index is 2.29. The van der Waals surface area contributed by atoms with E-state index in [-0.39, 0.29) is 0 Å². The van der Waals surface area contributed by atoms with E-state index < -0.39 is 0 Å². The highest BCUT2D eigenvalue weighted by Crippen LogP contribution is 2.14. The van der Waals surface area contributed by atoms with Crippen LogP contribution in [0, 0.1) is 6.92 Å². The van der Waals surface area contributed by atoms with Crippen LogP contribution in [0.4, 0.5) is 0 Å². The van der Waals surface area contributed by atoms with Crippen molar-refractivity contribution in [2.24, 2.45) is 0 Å². The molecule has 0 saturated heterocycles. The van der Waals surface area contributed by atoms with Gasteiger partial charge >= 0.3 is 0 Å². The van der Waals surface area contributed by atoms with Crippen molar-refractivity contribution in [1.82, 2.24) is 0 Å². The first-order valence-corrected chi connectivity index (χ1v) is 10.4. The van der Waals surface area contributed by atoms with Crippen molar-refractivity contribution in [3.63, 3.8) is 0 Å². The van der Waals surface area contributed by atoms with Gasteiger partial charge < -0.3 is 0 Å². The molecule has 1 aromatic rings. The molecule has 132 valence electrons. The zero-order valence-corrected chi connectivity index (χ0v) is 15.9. The standard InChI is InChI=1S/C23H40/c1-3-4-5-6-7-8-9-10-11-12-13-14-15-16-17-23-20-18-22(2)19-21-23/h18-21H,3-17H2,1-2H3. The molecule has 0 bridgehead atoms. The molecule has 0 N–H and O–H groups in total. The Balaban J connectivity index is 1.77. The molecule has 0 nitrogen and oxygen atoms in total. The predicted octanol–water partition coefficient (Wildman–Crippen LogP) is 8.02. The Morgan fingerprint density at radius 2 is 0.913 bits per heavy atom. The van der Waals surface area contributed by atoms with Crippen LogP contribution in [0.1, 0.15) is 108 Å². The molecule has 1 aromatic carbocycles. The summed E-state index contributed by atoms with van der Waals surface area (Å²) in [5.74, 6) is 0. The summed E-state index contributed by atoms with van der Waals surface area (Å²) in [4.78, 5) is 0. The van der Waals surface area contributed by atoms with Gasteiger partial charge in [-0.2, -0.15) is 0 Å². The summed E-state index contributed by atoms with van der Waals surface area (Å²) in [5.41, 5.74) is 2.88. The normalized spacial score (nSPS) is 11.0. The molecule has 1 rings (SSSR count). The van der Waals surface area contributed by atoms with Gasteiger partial charge in [0, 0.05) is 0 Å². The second-order valence-electron chi connectivity index (χ2n) is 7.33. The number of benzene rings is 1. The van der Waals surface area contributed by atoms with Crippen molar-refractivity contribution in [1.29, 1.82) is 0 Å². The summed E-state index contributed by atoms with van der Waals surface area (Å²) in [7, 11) is 0. The van der Waals surface area contributed by atoms with E-state index in [1.54, 1.807) is 0 Å². The smallest absolute Gasteiger partial charge is 0.0279 e. The van der Waals surface area contributed by atoms with E-state index in [0.29, 0.717) is 0 Å². The summed E-state index contributed by atoms with van der Waals surface area (Å²) in [6.45, 7) is 4.46. The van der Waals surface area contributed by atoms with Crippen LogP contribution in [0.2, 0.25) is 0 Å². The molecule has 0 aliphatic carbocycles. The van der Waals surface area contributed by atoms with Gasteiger partial charge in [-0.15, -0.1) is 0 Å². The molecule has 0 amide bonds. The average molecular weight is 317 g/mol. The van der Waals surface area contributed by atoms with E-state index in [9.17, 15) is 0 Å². The Morgan fingerprint density at radius 3 is 1.35 bits per heavy atom. The summed E-state index contributed by atoms with van der Waals surface area (Å²) < 4.78 is 0. The predicted molar refractivity (Wildman–Crippen MR) is 105 cm³/mol. The van der Waals surface area contributed by atoms with Gasteiger partial charge in [-0.3, -0.25) is 0 Å². The van der Waals surface area contributed by atoms with Crippen LogP contribution in [0.5, 0.6) is 0 Å². The van der Waals surface area contributed by atoms with Crippen molar-refractivity contribution in [2.75, 3.05) is 0 Å². The SMILES string of the molecule is CCCCCCCCCCCCCCCCc1ccc(C)cc1. The van der Waals surface area contributed by atoms with E-state index in [1.165, 1.54) is 107 Å². The number of hydrogen-bond donors (Lipinski definition) is 0. The van der Waals surface area contributed by atoms with Crippen LogP contribution in [-0.4, -0.2) is 0 Å². The topological polar surface area (TPSA) is 0 Å². The quantitative estimate of drug-likeness (QED) is 0.287. The van der Waals surface area contributed by atoms with Crippen molar-refractivity contribution in [3.05, 3.63) is 35.4 Å². The largest absolute Gasteiger partial charge is 0.0654 e. The maximum atomic E-state index is 2.29. The van der Waals surface area contributed by atoms with Gasteiger partial charge in [-0.25, -0.2) is 0 Å². The van der Waals surface area contributed by atoms with Crippen molar-refractivity contribution >= 4 is 0 Å². The minimum Gasteiger partial charge on any atom is -0.0654 e. The molecule has 23 heavy (non-hydrogen) atoms. The van der Waals surface area contributed by atoms with Gasteiger partial charge in [0.05, 0.1) is 0 Å². The van der Waals surface area contributed by atoms with E-state index in [2.05, 4.69) is 38.1 Å². The third-order valence-corrected chi connectivity index (χ3v) is 4.94. The van der Waals surface area contributed by atoms with E-state index in [1.807, 2.05) is 0 Å². The molecule has 0 aliphatic rings. The molecule has 0 unspecified atom stereocenters. The number of unbranched alkanes of at least 4 members (excludes halogenated alkanes) is 13. The zero-order chi connectivity index (χ0) is 16.6. The first-order chi connectivity index (χ1) is 11.3. The first-order valence-electron chi connectivity index (χ1n) is 10.4. The molecular formula is C23H40. The molecule has 0 saturated carbocycles. The molecule has 0 heterocycles. The number of aryl methyl sites for hydroxylation is 2. The molecular weight excluding hydrogens is 276 g/mol. The van der Waals surface area contributed by atoms with E-state index in [4.69, 9.17) is 0 Å². The molecule has 0 fully saturated rings. The van der Waals surface area contributed by atoms with Gasteiger partial charge in [-0.05, 0) is 25.3 Å². The molecule has 0 aliphatic heterocycles. The van der Waals surface area contributed by atoms with Crippen LogP contribution in [-0.2, 0) is 6.42 Å². The highest BCUT2D eigenvalue weighted by molar-refractivity contribution is 5.21. The fraction of sp³-hybridized carbons (Fsp3) is 0.739. The lowest BCUT2D eigenvalue weighted by molar-refractivity contribution is 0.535. The van der Waals surface area contributed by atoms with Crippen molar-refractivity contribution < 1.29 is 0 Å². The Kier molecular flexibility index (Phi) is 13.0. The van der Waals surface area contributed by atoms with Gasteiger partial charge in [0.1, 0.15) is 0 Å². The average Bonchev–Trinajstić information content (AvgIpc) is 2.57. The molecule has 0 aromatic heterocycles. The van der Waals surface area contributed by atoms with Crippen LogP contribution in [0.3, 0.4) is 0 Å². The highest BCUT2D eigenvalue weighted by Gasteiger charge is 1.95. The first kappa shape index (κ1) is 20.3. The number of rotatable bonds is 15. The lowest BCUT2D eigenvalue weighted by Gasteiger charge is -2.04. The Labute approximate surface area is 146 Å². The Bertz CT molecular complexity index is 349. The summed E-state index contributed by atoms with van der Waals surface area (Å²) in [6.07, 6.45) is 21.4. The van der Waals surface area contributed by atoms with Crippen LogP contribution in [0.15, 0.2) is 24.3 Å².